The van der Waals surface area contributed by atoms with Gasteiger partial charge in [-0.2, -0.15) is 0 Å². The van der Waals surface area contributed by atoms with Crippen molar-refractivity contribution in [2.24, 2.45) is 0 Å². The largest absolute Gasteiger partial charge is 1.00 e. The molecule has 0 aromatic heterocycles. The van der Waals surface area contributed by atoms with Crippen LogP contribution in [-0.4, -0.2) is 19.6 Å². The van der Waals surface area contributed by atoms with Crippen LogP contribution >= 0.6 is 0 Å². The first-order valence-corrected chi connectivity index (χ1v) is 2.90. The van der Waals surface area contributed by atoms with Crippen LogP contribution in [0.25, 0.3) is 0 Å². The van der Waals surface area contributed by atoms with Crippen LogP contribution in [0.5, 0.6) is 0 Å². The van der Waals surface area contributed by atoms with E-state index in [4.69, 9.17) is 0 Å². The predicted octanol–water partition coefficient (Wildman–Crippen LogP) is -1.44. The summed E-state index contributed by atoms with van der Waals surface area (Å²) in [6.07, 6.45) is 1.51. The fourth-order valence-electron chi connectivity index (χ4n) is 0.480. The van der Waals surface area contributed by atoms with Crippen LogP contribution in [0.2, 0.25) is 0 Å². The molecule has 1 aliphatic carbocycles. The fourth-order valence-corrected chi connectivity index (χ4v) is 0.480. The molecule has 0 aromatic carbocycles. The maximum atomic E-state index is 11.4. The van der Waals surface area contributed by atoms with Crippen molar-refractivity contribution in [2.75, 3.05) is 6.51 Å². The minimum absolute atomic E-state index is 0. The van der Waals surface area contributed by atoms with Gasteiger partial charge in [0.2, 0.25) is 0 Å². The second-order valence-corrected chi connectivity index (χ2v) is 2.24. The van der Waals surface area contributed by atoms with Crippen molar-refractivity contribution in [2.45, 2.75) is 18.9 Å². The summed E-state index contributed by atoms with van der Waals surface area (Å²) in [6, 6.07) is 0. The molecule has 1 fully saturated rings. The molecule has 0 atom stereocenters. The molecule has 54 valence electrons. The molecule has 0 aromatic rings. The van der Waals surface area contributed by atoms with Gasteiger partial charge >= 0.3 is 58.4 Å². The average molecular weight is 178 g/mol. The van der Waals surface area contributed by atoms with Gasteiger partial charge in [-0.1, -0.05) is 0 Å². The van der Waals surface area contributed by atoms with Gasteiger partial charge in [0.05, 0.1) is 6.10 Å². The van der Waals surface area contributed by atoms with Crippen LogP contribution in [0, 0.1) is 0 Å². The second kappa shape index (κ2) is 4.47. The SMILES string of the molecule is F[B-](F)(F)COC1CC1.[K+]. The number of hydrogen-bond donors (Lipinski definition) is 0. The van der Waals surface area contributed by atoms with Crippen LogP contribution in [0.15, 0.2) is 0 Å². The molecule has 1 saturated carbocycles. The van der Waals surface area contributed by atoms with Crippen molar-refractivity contribution in [1.29, 1.82) is 0 Å². The molecule has 0 aliphatic heterocycles. The van der Waals surface area contributed by atoms with Gasteiger partial charge in [0.1, 0.15) is 0 Å². The van der Waals surface area contributed by atoms with E-state index >= 15 is 0 Å². The molecular formula is C4H7BF3KO. The molecule has 1 rings (SSSR count). The Hall–Kier alpha value is 1.45. The van der Waals surface area contributed by atoms with E-state index in [2.05, 4.69) is 4.74 Å². The maximum absolute atomic E-state index is 11.4. The van der Waals surface area contributed by atoms with Crippen LogP contribution in [0.1, 0.15) is 12.8 Å². The summed E-state index contributed by atoms with van der Waals surface area (Å²) in [6.45, 7) is -5.74. The quantitative estimate of drug-likeness (QED) is 0.481. The standard InChI is InChI=1S/C4H7BF3O.K/c6-5(7,8)3-9-4-1-2-4;/h4H,1-3H2;/q-1;+1. The van der Waals surface area contributed by atoms with Crippen LogP contribution in [0.4, 0.5) is 12.9 Å². The molecule has 0 amide bonds. The van der Waals surface area contributed by atoms with Crippen molar-refractivity contribution in [3.8, 4) is 0 Å². The Kier molecular flexibility index (Phi) is 5.12. The van der Waals surface area contributed by atoms with Gasteiger partial charge < -0.3 is 17.7 Å². The number of hydrogen-bond acceptors (Lipinski definition) is 1. The third-order valence-corrected chi connectivity index (χ3v) is 1.05. The Labute approximate surface area is 100 Å². The molecule has 1 nitrogen and oxygen atoms in total. The Morgan fingerprint density at radius 2 is 1.80 bits per heavy atom. The van der Waals surface area contributed by atoms with Gasteiger partial charge in [0.15, 0.2) is 0 Å². The van der Waals surface area contributed by atoms with E-state index < -0.39 is 13.5 Å². The van der Waals surface area contributed by atoms with Gasteiger partial charge in [-0.3, -0.25) is 0 Å². The molecule has 10 heavy (non-hydrogen) atoms. The number of rotatable bonds is 3. The maximum Gasteiger partial charge on any atom is 1.00 e. The van der Waals surface area contributed by atoms with Gasteiger partial charge in [0.25, 0.3) is 0 Å². The Bertz CT molecular complexity index is 103. The Morgan fingerprint density at radius 3 is 2.10 bits per heavy atom. The summed E-state index contributed by atoms with van der Waals surface area (Å²) in [5.74, 6) is 0. The molecule has 0 saturated heterocycles. The predicted molar refractivity (Wildman–Crippen MR) is 28.1 cm³/mol. The number of halogens is 3. The summed E-state index contributed by atoms with van der Waals surface area (Å²) in [5.41, 5.74) is 0. The molecule has 0 spiro atoms. The Morgan fingerprint density at radius 1 is 1.30 bits per heavy atom. The van der Waals surface area contributed by atoms with Crippen molar-refractivity contribution in [3.05, 3.63) is 0 Å². The zero-order valence-electron chi connectivity index (χ0n) is 5.82. The van der Waals surface area contributed by atoms with E-state index in [1.807, 2.05) is 0 Å². The average Bonchev–Trinajstić information content (AvgIpc) is 2.38. The molecule has 0 radical (unpaired) electrons. The number of ether oxygens (including phenoxy) is 1. The van der Waals surface area contributed by atoms with E-state index in [0.717, 1.165) is 12.8 Å². The zero-order valence-corrected chi connectivity index (χ0v) is 8.94. The summed E-state index contributed by atoms with van der Waals surface area (Å²) in [7, 11) is 0. The van der Waals surface area contributed by atoms with E-state index in [-0.39, 0.29) is 57.5 Å². The third kappa shape index (κ3) is 6.18. The van der Waals surface area contributed by atoms with Crippen LogP contribution in [0.3, 0.4) is 0 Å². The van der Waals surface area contributed by atoms with Crippen molar-refractivity contribution >= 4 is 6.98 Å². The van der Waals surface area contributed by atoms with E-state index in [1.165, 1.54) is 0 Å². The van der Waals surface area contributed by atoms with E-state index in [1.54, 1.807) is 0 Å². The zero-order chi connectivity index (χ0) is 6.91. The molecule has 0 heterocycles. The topological polar surface area (TPSA) is 9.23 Å². The first-order valence-electron chi connectivity index (χ1n) is 2.90. The molecule has 0 bridgehead atoms. The molecule has 0 unspecified atom stereocenters. The van der Waals surface area contributed by atoms with Crippen molar-refractivity contribution in [3.63, 3.8) is 0 Å². The Balaban J connectivity index is 0.000000810. The van der Waals surface area contributed by atoms with Crippen LogP contribution in [-0.2, 0) is 4.74 Å². The summed E-state index contributed by atoms with van der Waals surface area (Å²) in [4.78, 5) is 0. The van der Waals surface area contributed by atoms with Gasteiger partial charge in [-0.15, -0.1) is 0 Å². The minimum Gasteiger partial charge on any atom is -0.447 e. The molecular weight excluding hydrogens is 171 g/mol. The third-order valence-electron chi connectivity index (χ3n) is 1.05. The van der Waals surface area contributed by atoms with Gasteiger partial charge in [0, 0.05) is 6.51 Å². The molecule has 1 aliphatic rings. The monoisotopic (exact) mass is 178 g/mol. The van der Waals surface area contributed by atoms with Crippen LogP contribution < -0.4 is 51.4 Å². The first kappa shape index (κ1) is 11.5. The summed E-state index contributed by atoms with van der Waals surface area (Å²) in [5, 5.41) is 0. The van der Waals surface area contributed by atoms with E-state index in [0.29, 0.717) is 0 Å². The second-order valence-electron chi connectivity index (χ2n) is 2.24. The van der Waals surface area contributed by atoms with Crippen molar-refractivity contribution in [1.82, 2.24) is 0 Å². The fraction of sp³-hybridized carbons (Fsp3) is 1.00. The summed E-state index contributed by atoms with van der Waals surface area (Å²) < 4.78 is 38.6. The van der Waals surface area contributed by atoms with Gasteiger partial charge in [-0.25, -0.2) is 0 Å². The van der Waals surface area contributed by atoms with Gasteiger partial charge in [-0.05, 0) is 12.8 Å². The first-order chi connectivity index (χ1) is 4.08. The van der Waals surface area contributed by atoms with E-state index in [9.17, 15) is 12.9 Å². The summed E-state index contributed by atoms with van der Waals surface area (Å²) >= 11 is 0. The smallest absolute Gasteiger partial charge is 0.447 e. The normalized spacial score (nSPS) is 18.3. The molecule has 0 N–H and O–H groups in total. The molecule has 6 heteroatoms. The minimum atomic E-state index is -4.71. The van der Waals surface area contributed by atoms with Crippen molar-refractivity contribution < 1.29 is 69.1 Å².